The molecule has 1 aliphatic heterocycles. The molecule has 3 aliphatic rings. The molecule has 0 aromatic heterocycles. The van der Waals surface area contributed by atoms with Gasteiger partial charge in [0, 0.05) is 18.8 Å². The van der Waals surface area contributed by atoms with Crippen LogP contribution in [0.2, 0.25) is 0 Å². The number of hydrogen-bond acceptors (Lipinski definition) is 2. The van der Waals surface area contributed by atoms with E-state index < -0.39 is 0 Å². The predicted octanol–water partition coefficient (Wildman–Crippen LogP) is 3.92. The molecule has 0 radical (unpaired) electrons. The molecular formula is C16H22O2. The molecule has 3 rings (SSSR count). The van der Waals surface area contributed by atoms with Crippen LogP contribution in [-0.2, 0) is 9.53 Å². The highest BCUT2D eigenvalue weighted by molar-refractivity contribution is 5.86. The summed E-state index contributed by atoms with van der Waals surface area (Å²) in [6.45, 7) is 2.21. The third-order valence-electron chi connectivity index (χ3n) is 4.50. The maximum Gasteiger partial charge on any atom is 0.140 e. The number of ketones is 1. The Morgan fingerprint density at radius 1 is 1.28 bits per heavy atom. The first-order valence-electron chi connectivity index (χ1n) is 7.41. The van der Waals surface area contributed by atoms with Gasteiger partial charge in [-0.2, -0.15) is 0 Å². The fraction of sp³-hybridized carbons (Fsp3) is 0.688. The van der Waals surface area contributed by atoms with Gasteiger partial charge in [-0.3, -0.25) is 4.79 Å². The minimum Gasteiger partial charge on any atom is -0.494 e. The van der Waals surface area contributed by atoms with Gasteiger partial charge in [0.2, 0.25) is 0 Å². The summed E-state index contributed by atoms with van der Waals surface area (Å²) in [5.41, 5.74) is 2.70. The number of Topliss-reactive ketones (excluding diaryl/α,β-unsaturated/α-hetero) is 1. The standard InChI is InChI=1S/C16H22O2/c1-2-4-11-7-8-14-12-5-3-6-15(17)13(12)9-10-16(14)18-11/h5,11,13H,2-4,6-10H2,1H3. The van der Waals surface area contributed by atoms with Crippen LogP contribution in [0.15, 0.2) is 23.0 Å². The lowest BCUT2D eigenvalue weighted by Gasteiger charge is -2.37. The second kappa shape index (κ2) is 4.91. The third kappa shape index (κ3) is 2.02. The van der Waals surface area contributed by atoms with Crippen molar-refractivity contribution in [2.24, 2.45) is 5.92 Å². The van der Waals surface area contributed by atoms with Crippen LogP contribution in [0.5, 0.6) is 0 Å². The number of carbonyl (C=O) groups is 1. The molecule has 0 amide bonds. The van der Waals surface area contributed by atoms with E-state index in [9.17, 15) is 4.79 Å². The first kappa shape index (κ1) is 12.0. The number of fused-ring (bicyclic) bond motifs is 2. The molecule has 2 atom stereocenters. The summed E-state index contributed by atoms with van der Waals surface area (Å²) in [6, 6.07) is 0. The second-order valence-corrected chi connectivity index (χ2v) is 5.72. The second-order valence-electron chi connectivity index (χ2n) is 5.72. The zero-order valence-electron chi connectivity index (χ0n) is 11.2. The molecule has 2 aliphatic carbocycles. The number of allylic oxidation sites excluding steroid dienone is 4. The summed E-state index contributed by atoms with van der Waals surface area (Å²) >= 11 is 0. The van der Waals surface area contributed by atoms with Crippen molar-refractivity contribution in [1.82, 2.24) is 0 Å². The van der Waals surface area contributed by atoms with Crippen LogP contribution >= 0.6 is 0 Å². The van der Waals surface area contributed by atoms with Crippen molar-refractivity contribution in [2.45, 2.75) is 64.4 Å². The summed E-state index contributed by atoms with van der Waals surface area (Å²) in [5, 5.41) is 0. The Morgan fingerprint density at radius 2 is 2.17 bits per heavy atom. The largest absolute Gasteiger partial charge is 0.494 e. The quantitative estimate of drug-likeness (QED) is 0.738. The molecule has 0 spiro atoms. The molecule has 1 heterocycles. The Kier molecular flexibility index (Phi) is 3.27. The lowest BCUT2D eigenvalue weighted by Crippen LogP contribution is -2.29. The molecule has 0 aromatic rings. The molecule has 0 saturated carbocycles. The topological polar surface area (TPSA) is 26.3 Å². The monoisotopic (exact) mass is 246 g/mol. The number of rotatable bonds is 2. The molecule has 18 heavy (non-hydrogen) atoms. The fourth-order valence-electron chi connectivity index (χ4n) is 3.60. The highest BCUT2D eigenvalue weighted by Crippen LogP contribution is 2.43. The molecule has 0 aromatic carbocycles. The lowest BCUT2D eigenvalue weighted by molar-refractivity contribution is -0.122. The van der Waals surface area contributed by atoms with E-state index in [1.165, 1.54) is 23.3 Å². The van der Waals surface area contributed by atoms with Gasteiger partial charge in [-0.25, -0.2) is 0 Å². The van der Waals surface area contributed by atoms with E-state index in [0.29, 0.717) is 11.9 Å². The number of ether oxygens (including phenoxy) is 1. The summed E-state index contributed by atoms with van der Waals surface area (Å²) in [7, 11) is 0. The van der Waals surface area contributed by atoms with Crippen molar-refractivity contribution < 1.29 is 9.53 Å². The highest BCUT2D eigenvalue weighted by atomic mass is 16.5. The van der Waals surface area contributed by atoms with Crippen molar-refractivity contribution in [1.29, 1.82) is 0 Å². The molecule has 0 bridgehead atoms. The predicted molar refractivity (Wildman–Crippen MR) is 71.1 cm³/mol. The summed E-state index contributed by atoms with van der Waals surface area (Å²) in [4.78, 5) is 12.0. The van der Waals surface area contributed by atoms with E-state index in [2.05, 4.69) is 13.0 Å². The van der Waals surface area contributed by atoms with Crippen LogP contribution in [0.25, 0.3) is 0 Å². The Hall–Kier alpha value is -1.05. The van der Waals surface area contributed by atoms with E-state index >= 15 is 0 Å². The Bertz CT molecular complexity index is 417. The summed E-state index contributed by atoms with van der Waals surface area (Å²) in [6.07, 6.45) is 11.0. The minimum absolute atomic E-state index is 0.198. The van der Waals surface area contributed by atoms with Crippen molar-refractivity contribution in [3.8, 4) is 0 Å². The summed E-state index contributed by atoms with van der Waals surface area (Å²) < 4.78 is 6.14. The number of carbonyl (C=O) groups excluding carboxylic acids is 1. The smallest absolute Gasteiger partial charge is 0.140 e. The lowest BCUT2D eigenvalue weighted by atomic mass is 9.73. The third-order valence-corrected chi connectivity index (χ3v) is 4.50. The Labute approximate surface area is 109 Å². The molecule has 0 fully saturated rings. The van der Waals surface area contributed by atoms with Crippen LogP contribution < -0.4 is 0 Å². The average Bonchev–Trinajstić information content (AvgIpc) is 2.39. The van der Waals surface area contributed by atoms with Gasteiger partial charge in [0.25, 0.3) is 0 Å². The minimum atomic E-state index is 0.198. The van der Waals surface area contributed by atoms with Gasteiger partial charge in [0.15, 0.2) is 0 Å². The van der Waals surface area contributed by atoms with Gasteiger partial charge in [-0.05, 0) is 43.3 Å². The molecule has 2 unspecified atom stereocenters. The normalized spacial score (nSPS) is 31.4. The van der Waals surface area contributed by atoms with E-state index in [0.717, 1.165) is 44.9 Å². The average molecular weight is 246 g/mol. The van der Waals surface area contributed by atoms with E-state index in [1.807, 2.05) is 0 Å². The van der Waals surface area contributed by atoms with Crippen molar-refractivity contribution >= 4 is 5.78 Å². The fourth-order valence-corrected chi connectivity index (χ4v) is 3.60. The molecule has 2 nitrogen and oxygen atoms in total. The maximum absolute atomic E-state index is 12.0. The molecular weight excluding hydrogens is 224 g/mol. The van der Waals surface area contributed by atoms with E-state index in [-0.39, 0.29) is 5.92 Å². The van der Waals surface area contributed by atoms with Crippen molar-refractivity contribution in [3.05, 3.63) is 23.0 Å². The first-order valence-corrected chi connectivity index (χ1v) is 7.41. The van der Waals surface area contributed by atoms with Crippen LogP contribution in [0.1, 0.15) is 58.3 Å². The first-order chi connectivity index (χ1) is 8.79. The summed E-state index contributed by atoms with van der Waals surface area (Å²) in [5.74, 6) is 1.86. The Balaban J connectivity index is 1.84. The van der Waals surface area contributed by atoms with Gasteiger partial charge in [0.05, 0.1) is 11.9 Å². The van der Waals surface area contributed by atoms with Crippen LogP contribution in [0.3, 0.4) is 0 Å². The van der Waals surface area contributed by atoms with Gasteiger partial charge >= 0.3 is 0 Å². The highest BCUT2D eigenvalue weighted by Gasteiger charge is 2.35. The molecule has 98 valence electrons. The maximum atomic E-state index is 12.0. The Morgan fingerprint density at radius 3 is 3.00 bits per heavy atom. The van der Waals surface area contributed by atoms with Gasteiger partial charge in [-0.15, -0.1) is 0 Å². The van der Waals surface area contributed by atoms with E-state index in [4.69, 9.17) is 4.74 Å². The zero-order valence-corrected chi connectivity index (χ0v) is 11.2. The molecule has 0 N–H and O–H groups in total. The molecule has 2 heteroatoms. The van der Waals surface area contributed by atoms with Crippen LogP contribution in [-0.4, -0.2) is 11.9 Å². The molecule has 0 saturated heterocycles. The van der Waals surface area contributed by atoms with Gasteiger partial charge < -0.3 is 4.74 Å². The zero-order chi connectivity index (χ0) is 12.5. The van der Waals surface area contributed by atoms with Gasteiger partial charge in [-0.1, -0.05) is 19.4 Å². The van der Waals surface area contributed by atoms with Crippen molar-refractivity contribution in [3.63, 3.8) is 0 Å². The SMILES string of the molecule is CCCC1CCC2=C(CCC3C(=O)CCC=C23)O1. The van der Waals surface area contributed by atoms with Crippen LogP contribution in [0.4, 0.5) is 0 Å². The van der Waals surface area contributed by atoms with Crippen LogP contribution in [0, 0.1) is 5.92 Å². The number of hydrogen-bond donors (Lipinski definition) is 0. The van der Waals surface area contributed by atoms with Crippen molar-refractivity contribution in [2.75, 3.05) is 0 Å². The van der Waals surface area contributed by atoms with E-state index in [1.54, 1.807) is 0 Å². The van der Waals surface area contributed by atoms with Gasteiger partial charge in [0.1, 0.15) is 5.78 Å².